The van der Waals surface area contributed by atoms with E-state index in [9.17, 15) is 12.8 Å². The second-order valence-corrected chi connectivity index (χ2v) is 7.69. The molecule has 0 bridgehead atoms. The summed E-state index contributed by atoms with van der Waals surface area (Å²) in [6.07, 6.45) is 0.544. The van der Waals surface area contributed by atoms with Gasteiger partial charge in [-0.15, -0.1) is 11.3 Å². The molecule has 0 fully saturated rings. The van der Waals surface area contributed by atoms with Gasteiger partial charge in [0.15, 0.2) is 0 Å². The van der Waals surface area contributed by atoms with Gasteiger partial charge in [0.25, 0.3) is 0 Å². The minimum atomic E-state index is -3.48. The van der Waals surface area contributed by atoms with Crippen molar-refractivity contribution in [2.24, 2.45) is 0 Å². The summed E-state index contributed by atoms with van der Waals surface area (Å²) >= 11 is 7.13. The predicted molar refractivity (Wildman–Crippen MR) is 82.6 cm³/mol. The normalized spacial score (nSPS) is 11.8. The first-order valence-electron chi connectivity index (χ1n) is 6.18. The molecule has 21 heavy (non-hydrogen) atoms. The monoisotopic (exact) mass is 348 g/mol. The molecule has 8 heteroatoms. The zero-order valence-corrected chi connectivity index (χ0v) is 13.7. The Balaban J connectivity index is 1.90. The van der Waals surface area contributed by atoms with Crippen LogP contribution in [-0.2, 0) is 22.2 Å². The number of aryl methyl sites for hydroxylation is 1. The summed E-state index contributed by atoms with van der Waals surface area (Å²) in [5, 5.41) is 2.73. The number of hydrogen-bond acceptors (Lipinski definition) is 4. The molecule has 1 aromatic heterocycles. The molecule has 0 radical (unpaired) electrons. The maximum absolute atomic E-state index is 13.0. The average Bonchev–Trinajstić information content (AvgIpc) is 2.79. The van der Waals surface area contributed by atoms with Crippen LogP contribution in [0.5, 0.6) is 0 Å². The Morgan fingerprint density at radius 3 is 2.81 bits per heavy atom. The van der Waals surface area contributed by atoms with Crippen LogP contribution in [0.25, 0.3) is 0 Å². The zero-order chi connectivity index (χ0) is 15.5. The summed E-state index contributed by atoms with van der Waals surface area (Å²) in [6.45, 7) is 2.17. The third-order valence-electron chi connectivity index (χ3n) is 2.67. The predicted octanol–water partition coefficient (Wildman–Crippen LogP) is 2.91. The number of hydrogen-bond donors (Lipinski definition) is 1. The van der Waals surface area contributed by atoms with Gasteiger partial charge in [-0.25, -0.2) is 22.5 Å². The van der Waals surface area contributed by atoms with Crippen molar-refractivity contribution in [1.29, 1.82) is 0 Å². The summed E-state index contributed by atoms with van der Waals surface area (Å²) < 4.78 is 39.4. The molecule has 4 nitrogen and oxygen atoms in total. The molecule has 0 saturated heterocycles. The summed E-state index contributed by atoms with van der Waals surface area (Å²) in [5.41, 5.74) is 1.37. The molecule has 0 aliphatic carbocycles. The molecule has 0 atom stereocenters. The molecular formula is C13H14ClFN2O2S2. The smallest absolute Gasteiger partial charge is 0.215 e. The lowest BCUT2D eigenvalue weighted by molar-refractivity contribution is 0.580. The highest BCUT2D eigenvalue weighted by molar-refractivity contribution is 7.88. The van der Waals surface area contributed by atoms with E-state index in [2.05, 4.69) is 9.71 Å². The summed E-state index contributed by atoms with van der Waals surface area (Å²) in [4.78, 5) is 4.26. The molecule has 1 N–H and O–H groups in total. The van der Waals surface area contributed by atoms with Gasteiger partial charge in [0.1, 0.15) is 5.82 Å². The lowest BCUT2D eigenvalue weighted by atomic mass is 10.2. The fourth-order valence-electron chi connectivity index (χ4n) is 1.73. The number of thiazole rings is 1. The van der Waals surface area contributed by atoms with Crippen molar-refractivity contribution in [2.75, 3.05) is 6.54 Å². The van der Waals surface area contributed by atoms with Crippen LogP contribution in [-0.4, -0.2) is 19.9 Å². The molecule has 0 amide bonds. The standard InChI is InChI=1S/C13H14ClFN2O2S2/c1-9-7-20-13(17-9)4-5-16-21(18,19)8-10-2-3-12(15)11(14)6-10/h2-3,6-7,16H,4-5,8H2,1H3. The second kappa shape index (κ2) is 6.83. The van der Waals surface area contributed by atoms with Crippen molar-refractivity contribution in [2.45, 2.75) is 19.1 Å². The Morgan fingerprint density at radius 2 is 2.19 bits per heavy atom. The van der Waals surface area contributed by atoms with Gasteiger partial charge in [0.2, 0.25) is 10.0 Å². The first-order chi connectivity index (χ1) is 9.85. The highest BCUT2D eigenvalue weighted by atomic mass is 35.5. The van der Waals surface area contributed by atoms with Crippen LogP contribution in [0.3, 0.4) is 0 Å². The Bertz CT molecular complexity index is 732. The zero-order valence-electron chi connectivity index (χ0n) is 11.3. The third-order valence-corrected chi connectivity index (χ3v) is 5.34. The van der Waals surface area contributed by atoms with Gasteiger partial charge in [-0.2, -0.15) is 0 Å². The molecule has 2 rings (SSSR count). The Hall–Kier alpha value is -1.02. The van der Waals surface area contributed by atoms with Gasteiger partial charge in [-0.1, -0.05) is 17.7 Å². The van der Waals surface area contributed by atoms with Crippen molar-refractivity contribution in [3.63, 3.8) is 0 Å². The molecule has 1 heterocycles. The van der Waals surface area contributed by atoms with Crippen molar-refractivity contribution >= 4 is 33.0 Å². The van der Waals surface area contributed by atoms with E-state index in [4.69, 9.17) is 11.6 Å². The fourth-order valence-corrected chi connectivity index (χ4v) is 3.84. The molecule has 0 unspecified atom stereocenters. The number of nitrogens with zero attached hydrogens (tertiary/aromatic N) is 1. The number of nitrogens with one attached hydrogen (secondary N) is 1. The van der Waals surface area contributed by atoms with Gasteiger partial charge in [-0.05, 0) is 24.6 Å². The van der Waals surface area contributed by atoms with Crippen LogP contribution >= 0.6 is 22.9 Å². The van der Waals surface area contributed by atoms with Crippen LogP contribution < -0.4 is 4.72 Å². The van der Waals surface area contributed by atoms with Crippen molar-refractivity contribution in [1.82, 2.24) is 9.71 Å². The molecule has 114 valence electrons. The Morgan fingerprint density at radius 1 is 1.43 bits per heavy atom. The van der Waals surface area contributed by atoms with Gasteiger partial charge < -0.3 is 0 Å². The van der Waals surface area contributed by atoms with Crippen LogP contribution in [0.4, 0.5) is 4.39 Å². The van der Waals surface area contributed by atoms with Crippen LogP contribution in [0.2, 0.25) is 5.02 Å². The van der Waals surface area contributed by atoms with Gasteiger partial charge in [0.05, 0.1) is 15.8 Å². The quantitative estimate of drug-likeness (QED) is 0.873. The van der Waals surface area contributed by atoms with Gasteiger partial charge in [-0.3, -0.25) is 0 Å². The summed E-state index contributed by atoms with van der Waals surface area (Å²) in [5.74, 6) is -0.797. The molecule has 0 spiro atoms. The molecule has 1 aromatic carbocycles. The van der Waals surface area contributed by atoms with E-state index >= 15 is 0 Å². The Kier molecular flexibility index (Phi) is 5.32. The van der Waals surface area contributed by atoms with Crippen LogP contribution in [0.1, 0.15) is 16.3 Å². The lowest BCUT2D eigenvalue weighted by Gasteiger charge is -2.06. The number of halogens is 2. The molecular weight excluding hydrogens is 335 g/mol. The van der Waals surface area contributed by atoms with E-state index in [0.717, 1.165) is 16.8 Å². The van der Waals surface area contributed by atoms with E-state index in [1.807, 2.05) is 12.3 Å². The minimum absolute atomic E-state index is 0.0824. The van der Waals surface area contributed by atoms with Crippen molar-refractivity contribution in [3.8, 4) is 0 Å². The maximum atomic E-state index is 13.0. The summed E-state index contributed by atoms with van der Waals surface area (Å²) in [7, 11) is -3.48. The molecule has 0 aliphatic heterocycles. The second-order valence-electron chi connectivity index (χ2n) is 4.53. The van der Waals surface area contributed by atoms with E-state index in [1.54, 1.807) is 0 Å². The van der Waals surface area contributed by atoms with Gasteiger partial charge in [0, 0.05) is 24.0 Å². The highest BCUT2D eigenvalue weighted by Crippen LogP contribution is 2.17. The third kappa shape index (κ3) is 5.03. The van der Waals surface area contributed by atoms with Gasteiger partial charge >= 0.3 is 0 Å². The maximum Gasteiger partial charge on any atom is 0.215 e. The topological polar surface area (TPSA) is 59.1 Å². The highest BCUT2D eigenvalue weighted by Gasteiger charge is 2.12. The van der Waals surface area contributed by atoms with Crippen LogP contribution in [0, 0.1) is 12.7 Å². The van der Waals surface area contributed by atoms with E-state index in [1.165, 1.54) is 23.5 Å². The number of rotatable bonds is 6. The first-order valence-corrected chi connectivity index (χ1v) is 9.09. The molecule has 0 saturated carbocycles. The number of benzene rings is 1. The number of aromatic nitrogens is 1. The van der Waals surface area contributed by atoms with Crippen molar-refractivity contribution in [3.05, 3.63) is 50.7 Å². The van der Waals surface area contributed by atoms with Crippen molar-refractivity contribution < 1.29 is 12.8 Å². The molecule has 0 aliphatic rings. The lowest BCUT2D eigenvalue weighted by Crippen LogP contribution is -2.27. The summed E-state index contributed by atoms with van der Waals surface area (Å²) in [6, 6.07) is 3.89. The van der Waals surface area contributed by atoms with Crippen LogP contribution in [0.15, 0.2) is 23.6 Å². The van der Waals surface area contributed by atoms with E-state index in [0.29, 0.717) is 12.0 Å². The molecule has 2 aromatic rings. The van der Waals surface area contributed by atoms with E-state index < -0.39 is 15.8 Å². The SMILES string of the molecule is Cc1csc(CCNS(=O)(=O)Cc2ccc(F)c(Cl)c2)n1. The Labute approximate surface area is 132 Å². The minimum Gasteiger partial charge on any atom is -0.247 e. The van der Waals surface area contributed by atoms with E-state index in [-0.39, 0.29) is 17.3 Å². The average molecular weight is 349 g/mol. The largest absolute Gasteiger partial charge is 0.247 e. The first kappa shape index (κ1) is 16.4. The fraction of sp³-hybridized carbons (Fsp3) is 0.308. The number of sulfonamides is 1.